The van der Waals surface area contributed by atoms with E-state index in [0.717, 1.165) is 24.4 Å². The Morgan fingerprint density at radius 3 is 2.66 bits per heavy atom. The second-order valence-electron chi connectivity index (χ2n) is 6.63. The number of hydrogen-bond donors (Lipinski definition) is 3. The molecule has 0 unspecified atom stereocenters. The minimum absolute atomic E-state index is 0.240. The molecule has 154 valence electrons. The van der Waals surface area contributed by atoms with Gasteiger partial charge in [0.15, 0.2) is 5.84 Å². The zero-order valence-electron chi connectivity index (χ0n) is 16.8. The summed E-state index contributed by atoms with van der Waals surface area (Å²) in [4.78, 5) is 24.5. The Balaban J connectivity index is 1.76. The standard InChI is InChI=1S/C20H27N7O2/c1-4-22-20(28)25-16-7-5-15(6-8-16)14(2)24-19-17(26(3)13-23-19)18(21)27-9-11-29-12-10-27/h5-8,13H,2,4,9-12,21H2,1,3H3,(H2,22,25,28)/b18-17-,24-19+. The second-order valence-corrected chi connectivity index (χ2v) is 6.63. The molecule has 4 N–H and O–H groups in total. The lowest BCUT2D eigenvalue weighted by Crippen LogP contribution is -2.40. The predicted molar refractivity (Wildman–Crippen MR) is 115 cm³/mol. The van der Waals surface area contributed by atoms with Gasteiger partial charge in [0.05, 0.1) is 25.2 Å². The number of ether oxygens (including phenoxy) is 1. The monoisotopic (exact) mass is 397 g/mol. The average Bonchev–Trinajstić information content (AvgIpc) is 3.08. The summed E-state index contributed by atoms with van der Waals surface area (Å²) in [6.45, 7) is 9.26. The molecule has 3 rings (SSSR count). The van der Waals surface area contributed by atoms with Crippen LogP contribution in [0.15, 0.2) is 52.3 Å². The van der Waals surface area contributed by atoms with Crippen LogP contribution in [0.25, 0.3) is 5.70 Å². The van der Waals surface area contributed by atoms with Gasteiger partial charge in [-0.1, -0.05) is 18.7 Å². The fraction of sp³-hybridized carbons (Fsp3) is 0.350. The van der Waals surface area contributed by atoms with Gasteiger partial charge in [-0.3, -0.25) is 0 Å². The first-order valence-electron chi connectivity index (χ1n) is 9.52. The number of likely N-dealkylation sites (N-methyl/N-ethyl adjacent to an activating group) is 1. The predicted octanol–water partition coefficient (Wildman–Crippen LogP) is 1.63. The topological polar surface area (TPSA) is 108 Å². The molecule has 2 heterocycles. The summed E-state index contributed by atoms with van der Waals surface area (Å²) in [7, 11) is 1.89. The molecule has 9 nitrogen and oxygen atoms in total. The van der Waals surface area contributed by atoms with Crippen molar-refractivity contribution in [1.82, 2.24) is 15.1 Å². The van der Waals surface area contributed by atoms with Crippen LogP contribution in [-0.2, 0) is 4.74 Å². The lowest BCUT2D eigenvalue weighted by molar-refractivity contribution is 0.0522. The molecule has 0 aliphatic carbocycles. The zero-order chi connectivity index (χ0) is 20.8. The van der Waals surface area contributed by atoms with Crippen LogP contribution in [0.3, 0.4) is 0 Å². The maximum atomic E-state index is 11.6. The van der Waals surface area contributed by atoms with Crippen molar-refractivity contribution in [3.05, 3.63) is 47.9 Å². The van der Waals surface area contributed by atoms with E-state index in [2.05, 4.69) is 32.1 Å². The minimum Gasteiger partial charge on any atom is -0.384 e. The first-order chi connectivity index (χ1) is 14.0. The summed E-state index contributed by atoms with van der Waals surface area (Å²) in [5.41, 5.74) is 9.24. The van der Waals surface area contributed by atoms with Crippen LogP contribution in [-0.4, -0.2) is 67.9 Å². The Labute approximate surface area is 170 Å². The number of nitrogens with two attached hydrogens (primary N) is 1. The number of amides is 2. The van der Waals surface area contributed by atoms with Crippen molar-refractivity contribution in [2.24, 2.45) is 15.7 Å². The van der Waals surface area contributed by atoms with E-state index < -0.39 is 0 Å². The van der Waals surface area contributed by atoms with E-state index in [1.54, 1.807) is 18.5 Å². The molecular weight excluding hydrogens is 370 g/mol. The summed E-state index contributed by atoms with van der Waals surface area (Å²) in [5.74, 6) is 1.15. The maximum absolute atomic E-state index is 11.6. The van der Waals surface area contributed by atoms with Gasteiger partial charge < -0.3 is 30.9 Å². The molecule has 0 bridgehead atoms. The smallest absolute Gasteiger partial charge is 0.319 e. The van der Waals surface area contributed by atoms with Gasteiger partial charge in [0, 0.05) is 32.4 Å². The lowest BCUT2D eigenvalue weighted by atomic mass is 10.1. The van der Waals surface area contributed by atoms with Gasteiger partial charge in [0.25, 0.3) is 0 Å². The van der Waals surface area contributed by atoms with Crippen LogP contribution in [0.5, 0.6) is 0 Å². The number of amidine groups is 1. The highest BCUT2D eigenvalue weighted by molar-refractivity contribution is 6.10. The van der Waals surface area contributed by atoms with E-state index in [9.17, 15) is 4.79 Å². The number of nitrogens with one attached hydrogen (secondary N) is 2. The van der Waals surface area contributed by atoms with E-state index in [1.165, 1.54) is 0 Å². The molecule has 1 aromatic rings. The van der Waals surface area contributed by atoms with E-state index in [1.807, 2.05) is 31.0 Å². The normalized spacial score (nSPS) is 19.4. The molecule has 2 aliphatic rings. The minimum atomic E-state index is -0.240. The molecule has 1 aromatic carbocycles. The van der Waals surface area contributed by atoms with Crippen LogP contribution < -0.4 is 16.4 Å². The Kier molecular flexibility index (Phi) is 6.50. The molecule has 29 heavy (non-hydrogen) atoms. The number of benzene rings is 1. The molecule has 1 saturated heterocycles. The summed E-state index contributed by atoms with van der Waals surface area (Å²) in [6, 6.07) is 7.07. The quantitative estimate of drug-likeness (QED) is 0.700. The SMILES string of the molecule is C=C(/N=C1/N=CN(C)/C1=C(/N)N1CCOCC1)c1ccc(NC(=O)NCC)cc1. The van der Waals surface area contributed by atoms with E-state index in [-0.39, 0.29) is 6.03 Å². The highest BCUT2D eigenvalue weighted by Crippen LogP contribution is 2.22. The average molecular weight is 397 g/mol. The number of morpholine rings is 1. The number of nitrogens with zero attached hydrogens (tertiary/aromatic N) is 4. The van der Waals surface area contributed by atoms with Gasteiger partial charge in [-0.15, -0.1) is 0 Å². The number of aliphatic imine (C=N–C) groups is 2. The first kappa shape index (κ1) is 20.4. The Hall–Kier alpha value is -3.33. The molecule has 9 heteroatoms. The van der Waals surface area contributed by atoms with E-state index >= 15 is 0 Å². The lowest BCUT2D eigenvalue weighted by Gasteiger charge is -2.30. The second kappa shape index (κ2) is 9.24. The molecule has 2 amide bonds. The van der Waals surface area contributed by atoms with E-state index in [0.29, 0.717) is 42.8 Å². The van der Waals surface area contributed by atoms with Crippen molar-refractivity contribution < 1.29 is 9.53 Å². The fourth-order valence-electron chi connectivity index (χ4n) is 3.02. The Morgan fingerprint density at radius 1 is 1.31 bits per heavy atom. The van der Waals surface area contributed by atoms with Crippen molar-refractivity contribution in [3.63, 3.8) is 0 Å². The third-order valence-electron chi connectivity index (χ3n) is 4.57. The Bertz CT molecular complexity index is 852. The van der Waals surface area contributed by atoms with Gasteiger partial charge in [-0.2, -0.15) is 0 Å². The summed E-state index contributed by atoms with van der Waals surface area (Å²) in [5, 5.41) is 5.45. The molecule has 1 fully saturated rings. The number of anilines is 1. The number of rotatable bonds is 5. The zero-order valence-corrected chi connectivity index (χ0v) is 16.8. The van der Waals surface area contributed by atoms with Crippen LogP contribution in [0.1, 0.15) is 12.5 Å². The van der Waals surface area contributed by atoms with Crippen LogP contribution in [0.4, 0.5) is 10.5 Å². The van der Waals surface area contributed by atoms with Gasteiger partial charge in [0.2, 0.25) is 0 Å². The molecule has 0 spiro atoms. The van der Waals surface area contributed by atoms with Crippen molar-refractivity contribution >= 4 is 29.6 Å². The van der Waals surface area contributed by atoms with Crippen molar-refractivity contribution in [2.75, 3.05) is 45.2 Å². The van der Waals surface area contributed by atoms with Crippen LogP contribution >= 0.6 is 0 Å². The van der Waals surface area contributed by atoms with Crippen molar-refractivity contribution in [3.8, 4) is 0 Å². The molecule has 0 radical (unpaired) electrons. The third-order valence-corrected chi connectivity index (χ3v) is 4.57. The van der Waals surface area contributed by atoms with Crippen LogP contribution in [0, 0.1) is 0 Å². The van der Waals surface area contributed by atoms with Crippen molar-refractivity contribution in [2.45, 2.75) is 6.92 Å². The van der Waals surface area contributed by atoms with Gasteiger partial charge >= 0.3 is 6.03 Å². The highest BCUT2D eigenvalue weighted by atomic mass is 16.5. The van der Waals surface area contributed by atoms with E-state index in [4.69, 9.17) is 10.5 Å². The largest absolute Gasteiger partial charge is 0.384 e. The highest BCUT2D eigenvalue weighted by Gasteiger charge is 2.25. The molecule has 0 atom stereocenters. The van der Waals surface area contributed by atoms with Crippen LogP contribution in [0.2, 0.25) is 0 Å². The number of hydrogen-bond acceptors (Lipinski definition) is 6. The molecular formula is C20H27N7O2. The number of carbonyl (C=O) groups is 1. The van der Waals surface area contributed by atoms with Gasteiger partial charge in [0.1, 0.15) is 11.5 Å². The fourth-order valence-corrected chi connectivity index (χ4v) is 3.02. The number of urea groups is 1. The molecule has 0 aromatic heterocycles. The first-order valence-corrected chi connectivity index (χ1v) is 9.52. The maximum Gasteiger partial charge on any atom is 0.319 e. The summed E-state index contributed by atoms with van der Waals surface area (Å²) >= 11 is 0. The van der Waals surface area contributed by atoms with Gasteiger partial charge in [-0.05, 0) is 24.6 Å². The summed E-state index contributed by atoms with van der Waals surface area (Å²) in [6.07, 6.45) is 1.69. The summed E-state index contributed by atoms with van der Waals surface area (Å²) < 4.78 is 5.40. The Morgan fingerprint density at radius 2 is 2.00 bits per heavy atom. The van der Waals surface area contributed by atoms with Crippen molar-refractivity contribution in [1.29, 1.82) is 0 Å². The molecule has 2 aliphatic heterocycles. The van der Waals surface area contributed by atoms with Gasteiger partial charge in [-0.25, -0.2) is 14.8 Å². The third kappa shape index (κ3) is 4.94. The number of carbonyl (C=O) groups excluding carboxylic acids is 1. The molecule has 0 saturated carbocycles.